The summed E-state index contributed by atoms with van der Waals surface area (Å²) < 4.78 is 12.9. The minimum absolute atomic E-state index is 0.0222. The number of aliphatic carboxylic acids is 1. The quantitative estimate of drug-likeness (QED) is 0.700. The number of halogens is 1. The zero-order valence-electron chi connectivity index (χ0n) is 6.94. The van der Waals surface area contributed by atoms with Gasteiger partial charge in [0, 0.05) is 11.8 Å². The Morgan fingerprint density at radius 3 is 2.86 bits per heavy atom. The van der Waals surface area contributed by atoms with Crippen molar-refractivity contribution in [2.24, 2.45) is 5.73 Å². The van der Waals surface area contributed by atoms with E-state index in [1.54, 1.807) is 0 Å². The highest BCUT2D eigenvalue weighted by Gasteiger charge is 2.16. The van der Waals surface area contributed by atoms with E-state index in [1.165, 1.54) is 6.07 Å². The number of nitrogens with zero attached hydrogens (tertiary/aromatic N) is 2. The molecule has 0 spiro atoms. The molecule has 0 aliphatic rings. The lowest BCUT2D eigenvalue weighted by atomic mass is 10.1. The van der Waals surface area contributed by atoms with Gasteiger partial charge in [-0.2, -0.15) is 5.26 Å². The molecule has 1 rings (SSSR count). The van der Waals surface area contributed by atoms with Crippen LogP contribution in [0.3, 0.4) is 0 Å². The molecule has 5 nitrogen and oxygen atoms in total. The van der Waals surface area contributed by atoms with Gasteiger partial charge in [-0.3, -0.25) is 4.79 Å². The Hall–Kier alpha value is -2.00. The number of carboxylic acids is 1. The van der Waals surface area contributed by atoms with E-state index in [4.69, 9.17) is 16.1 Å². The van der Waals surface area contributed by atoms with E-state index in [1.807, 2.05) is 0 Å². The Morgan fingerprint density at radius 2 is 2.43 bits per heavy atom. The maximum atomic E-state index is 12.9. The molecule has 0 aliphatic heterocycles. The fourth-order valence-electron chi connectivity index (χ4n) is 0.848. The number of carboxylic acid groups (broad SMARTS) is 1. The fraction of sp³-hybridized carbons (Fsp3) is 0.125. The van der Waals surface area contributed by atoms with E-state index in [2.05, 4.69) is 4.98 Å². The van der Waals surface area contributed by atoms with Crippen molar-refractivity contribution >= 4 is 5.97 Å². The van der Waals surface area contributed by atoms with E-state index in [0.717, 1.165) is 12.3 Å². The van der Waals surface area contributed by atoms with Crippen LogP contribution in [0, 0.1) is 17.1 Å². The highest BCUT2D eigenvalue weighted by molar-refractivity contribution is 5.75. The van der Waals surface area contributed by atoms with E-state index in [9.17, 15) is 9.18 Å². The molecule has 6 heteroatoms. The second kappa shape index (κ2) is 3.81. The first kappa shape index (κ1) is 10.1. The maximum absolute atomic E-state index is 12.9. The van der Waals surface area contributed by atoms with E-state index in [-0.39, 0.29) is 11.3 Å². The first-order chi connectivity index (χ1) is 6.56. The molecule has 0 amide bonds. The van der Waals surface area contributed by atoms with Gasteiger partial charge in [-0.25, -0.2) is 9.37 Å². The molecule has 1 atom stereocenters. The molecule has 1 aromatic rings. The Balaban J connectivity index is 3.10. The third kappa shape index (κ3) is 1.84. The van der Waals surface area contributed by atoms with Crippen LogP contribution in [0.25, 0.3) is 0 Å². The molecule has 0 radical (unpaired) electrons. The van der Waals surface area contributed by atoms with Crippen LogP contribution in [0.15, 0.2) is 12.3 Å². The van der Waals surface area contributed by atoms with Crippen LogP contribution in [0.4, 0.5) is 4.39 Å². The first-order valence-corrected chi connectivity index (χ1v) is 3.60. The predicted octanol–water partition coefficient (Wildman–Crippen LogP) is 0.177. The summed E-state index contributed by atoms with van der Waals surface area (Å²) in [6.45, 7) is 0. The van der Waals surface area contributed by atoms with Crippen molar-refractivity contribution in [3.8, 4) is 6.07 Å². The lowest BCUT2D eigenvalue weighted by Crippen LogP contribution is -2.21. The lowest BCUT2D eigenvalue weighted by molar-refractivity contribution is -0.138. The van der Waals surface area contributed by atoms with Crippen LogP contribution in [0.2, 0.25) is 0 Å². The van der Waals surface area contributed by atoms with Crippen LogP contribution >= 0.6 is 0 Å². The van der Waals surface area contributed by atoms with Crippen molar-refractivity contribution < 1.29 is 14.3 Å². The summed E-state index contributed by atoms with van der Waals surface area (Å²) in [5.41, 5.74) is 4.85. The van der Waals surface area contributed by atoms with Crippen LogP contribution in [0.1, 0.15) is 17.3 Å². The van der Waals surface area contributed by atoms with Gasteiger partial charge in [0.2, 0.25) is 0 Å². The molecule has 14 heavy (non-hydrogen) atoms. The third-order valence-corrected chi connectivity index (χ3v) is 1.59. The number of hydrogen-bond acceptors (Lipinski definition) is 4. The van der Waals surface area contributed by atoms with Gasteiger partial charge in [0.05, 0.1) is 0 Å². The molecule has 0 saturated heterocycles. The van der Waals surface area contributed by atoms with E-state index < -0.39 is 17.8 Å². The van der Waals surface area contributed by atoms with Gasteiger partial charge in [-0.1, -0.05) is 0 Å². The van der Waals surface area contributed by atoms with Crippen LogP contribution in [-0.2, 0) is 4.79 Å². The molecule has 0 saturated carbocycles. The zero-order valence-corrected chi connectivity index (χ0v) is 6.94. The fourth-order valence-corrected chi connectivity index (χ4v) is 0.848. The van der Waals surface area contributed by atoms with Gasteiger partial charge < -0.3 is 10.8 Å². The monoisotopic (exact) mass is 195 g/mol. The number of rotatable bonds is 2. The topological polar surface area (TPSA) is 100 Å². The number of pyridine rings is 1. The summed E-state index contributed by atoms with van der Waals surface area (Å²) >= 11 is 0. The van der Waals surface area contributed by atoms with Crippen LogP contribution < -0.4 is 5.73 Å². The molecule has 72 valence electrons. The maximum Gasteiger partial charge on any atom is 0.325 e. The highest BCUT2D eigenvalue weighted by atomic mass is 19.1. The Bertz CT molecular complexity index is 414. The molecule has 3 N–H and O–H groups in total. The summed E-state index contributed by atoms with van der Waals surface area (Å²) in [4.78, 5) is 13.8. The van der Waals surface area contributed by atoms with Crippen molar-refractivity contribution in [1.29, 1.82) is 5.26 Å². The second-order valence-electron chi connectivity index (χ2n) is 2.53. The molecule has 1 unspecified atom stereocenters. The standard InChI is InChI=1S/C8H6FN3O2/c9-5-1-4(7(11)8(13)14)3-12-6(5)2-10/h1,3,7H,11H2,(H,13,14). The highest BCUT2D eigenvalue weighted by Crippen LogP contribution is 2.12. The smallest absolute Gasteiger partial charge is 0.325 e. The van der Waals surface area contributed by atoms with Gasteiger partial charge in [0.15, 0.2) is 11.5 Å². The summed E-state index contributed by atoms with van der Waals surface area (Å²) in [6.07, 6.45) is 1.07. The summed E-state index contributed by atoms with van der Waals surface area (Å²) in [5.74, 6) is -2.15. The Morgan fingerprint density at radius 1 is 1.79 bits per heavy atom. The van der Waals surface area contributed by atoms with Crippen molar-refractivity contribution in [2.45, 2.75) is 6.04 Å². The number of nitriles is 1. The summed E-state index contributed by atoms with van der Waals surface area (Å²) in [5, 5.41) is 16.9. The van der Waals surface area contributed by atoms with Crippen molar-refractivity contribution in [3.05, 3.63) is 29.3 Å². The largest absolute Gasteiger partial charge is 0.480 e. The predicted molar refractivity (Wildman–Crippen MR) is 43.5 cm³/mol. The number of aromatic nitrogens is 1. The molecular formula is C8H6FN3O2. The second-order valence-corrected chi connectivity index (χ2v) is 2.53. The Kier molecular flexibility index (Phi) is 2.74. The molecular weight excluding hydrogens is 189 g/mol. The zero-order chi connectivity index (χ0) is 10.7. The molecule has 0 aromatic carbocycles. The van der Waals surface area contributed by atoms with Crippen molar-refractivity contribution in [2.75, 3.05) is 0 Å². The van der Waals surface area contributed by atoms with Gasteiger partial charge in [0.25, 0.3) is 0 Å². The van der Waals surface area contributed by atoms with Gasteiger partial charge in [-0.15, -0.1) is 0 Å². The molecule has 0 bridgehead atoms. The van der Waals surface area contributed by atoms with Crippen LogP contribution in [-0.4, -0.2) is 16.1 Å². The average molecular weight is 195 g/mol. The van der Waals surface area contributed by atoms with E-state index >= 15 is 0 Å². The van der Waals surface area contributed by atoms with Crippen molar-refractivity contribution in [3.63, 3.8) is 0 Å². The first-order valence-electron chi connectivity index (χ1n) is 3.60. The van der Waals surface area contributed by atoms with Crippen molar-refractivity contribution in [1.82, 2.24) is 4.98 Å². The van der Waals surface area contributed by atoms with Gasteiger partial charge >= 0.3 is 5.97 Å². The number of nitrogens with two attached hydrogens (primary N) is 1. The third-order valence-electron chi connectivity index (χ3n) is 1.59. The van der Waals surface area contributed by atoms with Crippen LogP contribution in [0.5, 0.6) is 0 Å². The normalized spacial score (nSPS) is 11.8. The molecule has 0 fully saturated rings. The molecule has 0 aliphatic carbocycles. The number of hydrogen-bond donors (Lipinski definition) is 2. The minimum Gasteiger partial charge on any atom is -0.480 e. The Labute approximate surface area is 78.6 Å². The van der Waals surface area contributed by atoms with E-state index in [0.29, 0.717) is 0 Å². The lowest BCUT2D eigenvalue weighted by Gasteiger charge is -2.05. The molecule has 1 heterocycles. The molecule has 1 aromatic heterocycles. The van der Waals surface area contributed by atoms with Gasteiger partial charge in [0.1, 0.15) is 12.1 Å². The van der Waals surface area contributed by atoms with Gasteiger partial charge in [-0.05, 0) is 6.07 Å². The average Bonchev–Trinajstić information content (AvgIpc) is 2.16. The summed E-state index contributed by atoms with van der Waals surface area (Å²) in [6, 6.07) is 1.08. The SMILES string of the molecule is N#Cc1ncc(C(N)C(=O)O)cc1F. The summed E-state index contributed by atoms with van der Waals surface area (Å²) in [7, 11) is 0. The minimum atomic E-state index is -1.33. The number of carbonyl (C=O) groups is 1.